The predicted octanol–water partition coefficient (Wildman–Crippen LogP) is 3.77. The molecule has 0 amide bonds. The van der Waals surface area contributed by atoms with Crippen molar-refractivity contribution in [3.63, 3.8) is 0 Å². The van der Waals surface area contributed by atoms with Gasteiger partial charge in [0.1, 0.15) is 0 Å². The number of nitrogens with one attached hydrogen (secondary N) is 1. The molecule has 0 radical (unpaired) electrons. The quantitative estimate of drug-likeness (QED) is 0.545. The van der Waals surface area contributed by atoms with Crippen molar-refractivity contribution in [2.24, 2.45) is 5.11 Å². The molecule has 11 heavy (non-hydrogen) atoms. The molecule has 0 spiro atoms. The van der Waals surface area contributed by atoms with E-state index in [0.29, 0.717) is 6.04 Å². The zero-order chi connectivity index (χ0) is 8.53. The molecule has 0 unspecified atom stereocenters. The van der Waals surface area contributed by atoms with E-state index in [2.05, 4.69) is 19.0 Å². The zero-order valence-corrected chi connectivity index (χ0v) is 7.77. The van der Waals surface area contributed by atoms with Gasteiger partial charge in [-0.2, -0.15) is 5.11 Å². The van der Waals surface area contributed by atoms with Crippen LogP contribution in [0.25, 0.3) is 0 Å². The Morgan fingerprint density at radius 2 is 1.55 bits per heavy atom. The van der Waals surface area contributed by atoms with Gasteiger partial charge in [0.05, 0.1) is 6.04 Å². The van der Waals surface area contributed by atoms with Crippen molar-refractivity contribution < 1.29 is 0 Å². The molecule has 2 nitrogen and oxygen atoms in total. The Bertz CT molecular complexity index is 83.6. The topological polar surface area (TPSA) is 36.2 Å². The maximum Gasteiger partial charge on any atom is 0.0705 e. The molecule has 0 aliphatic heterocycles. The Labute approximate surface area is 69.9 Å². The minimum atomic E-state index is 0.315. The van der Waals surface area contributed by atoms with E-state index in [-0.39, 0.29) is 0 Å². The molecule has 0 aliphatic rings. The second kappa shape index (κ2) is 7.70. The summed E-state index contributed by atoms with van der Waals surface area (Å²) in [6.07, 6.45) is 7.10. The molecule has 0 saturated carbocycles. The first-order valence-electron chi connectivity index (χ1n) is 4.71. The predicted molar refractivity (Wildman–Crippen MR) is 48.0 cm³/mol. The Hall–Kier alpha value is -0.400. The molecule has 66 valence electrons. The van der Waals surface area contributed by atoms with Crippen LogP contribution < -0.4 is 0 Å². The molecule has 2 heteroatoms. The van der Waals surface area contributed by atoms with Crippen molar-refractivity contribution in [3.8, 4) is 0 Å². The molecule has 0 atom stereocenters. The van der Waals surface area contributed by atoms with Crippen molar-refractivity contribution in [1.29, 1.82) is 5.53 Å². The summed E-state index contributed by atoms with van der Waals surface area (Å²) in [6.45, 7) is 4.36. The van der Waals surface area contributed by atoms with Gasteiger partial charge in [-0.05, 0) is 12.8 Å². The van der Waals surface area contributed by atoms with Crippen LogP contribution in [0.3, 0.4) is 0 Å². The number of unbranched alkanes of at least 4 members (excludes halogenated alkanes) is 2. The standard InChI is InChI=1S/C9H20N2/c1-3-5-7-9(11-10)8-6-4-2/h9-10H,3-8H2,1-2H3. The lowest BCUT2D eigenvalue weighted by atomic mass is 10.1. The Balaban J connectivity index is 3.33. The van der Waals surface area contributed by atoms with E-state index in [0.717, 1.165) is 12.8 Å². The number of nitrogens with zero attached hydrogens (tertiary/aromatic N) is 1. The van der Waals surface area contributed by atoms with Crippen LogP contribution in [0, 0.1) is 5.53 Å². The molecule has 0 rings (SSSR count). The third-order valence-corrected chi connectivity index (χ3v) is 1.96. The summed E-state index contributed by atoms with van der Waals surface area (Å²) in [7, 11) is 0. The minimum Gasteiger partial charge on any atom is -0.210 e. The van der Waals surface area contributed by atoms with E-state index in [9.17, 15) is 0 Å². The molecule has 0 aromatic carbocycles. The fourth-order valence-corrected chi connectivity index (χ4v) is 1.15. The molecular weight excluding hydrogens is 136 g/mol. The summed E-state index contributed by atoms with van der Waals surface area (Å²) in [5.74, 6) is 0. The van der Waals surface area contributed by atoms with Gasteiger partial charge in [0, 0.05) is 0 Å². The molecule has 0 aliphatic carbocycles. The largest absolute Gasteiger partial charge is 0.210 e. The van der Waals surface area contributed by atoms with Crippen LogP contribution in [-0.4, -0.2) is 6.04 Å². The van der Waals surface area contributed by atoms with Crippen LogP contribution in [0.4, 0.5) is 0 Å². The van der Waals surface area contributed by atoms with Gasteiger partial charge < -0.3 is 0 Å². The van der Waals surface area contributed by atoms with Gasteiger partial charge in [-0.1, -0.05) is 39.5 Å². The van der Waals surface area contributed by atoms with E-state index in [4.69, 9.17) is 5.53 Å². The third-order valence-electron chi connectivity index (χ3n) is 1.96. The van der Waals surface area contributed by atoms with E-state index in [1.807, 2.05) is 0 Å². The van der Waals surface area contributed by atoms with Gasteiger partial charge in [0.15, 0.2) is 0 Å². The van der Waals surface area contributed by atoms with Crippen LogP contribution in [0.5, 0.6) is 0 Å². The lowest BCUT2D eigenvalue weighted by Crippen LogP contribution is -2.02. The first kappa shape index (κ1) is 10.6. The summed E-state index contributed by atoms with van der Waals surface area (Å²) >= 11 is 0. The molecule has 0 bridgehead atoms. The van der Waals surface area contributed by atoms with Crippen molar-refractivity contribution in [3.05, 3.63) is 0 Å². The SMILES string of the molecule is CCCCC(CCCC)N=N. The average Bonchev–Trinajstić information content (AvgIpc) is 2.05. The zero-order valence-electron chi connectivity index (χ0n) is 7.77. The van der Waals surface area contributed by atoms with Crippen molar-refractivity contribution in [2.75, 3.05) is 0 Å². The summed E-state index contributed by atoms with van der Waals surface area (Å²) in [6, 6.07) is 0.315. The highest BCUT2D eigenvalue weighted by Crippen LogP contribution is 2.11. The van der Waals surface area contributed by atoms with E-state index >= 15 is 0 Å². The van der Waals surface area contributed by atoms with Gasteiger partial charge >= 0.3 is 0 Å². The molecule has 0 aromatic rings. The third kappa shape index (κ3) is 6.02. The lowest BCUT2D eigenvalue weighted by Gasteiger charge is -2.07. The highest BCUT2D eigenvalue weighted by molar-refractivity contribution is 4.62. The van der Waals surface area contributed by atoms with Gasteiger partial charge in [-0.3, -0.25) is 0 Å². The van der Waals surface area contributed by atoms with Crippen molar-refractivity contribution in [1.82, 2.24) is 0 Å². The van der Waals surface area contributed by atoms with Crippen molar-refractivity contribution >= 4 is 0 Å². The summed E-state index contributed by atoms with van der Waals surface area (Å²) in [4.78, 5) is 0. The molecule has 0 saturated heterocycles. The lowest BCUT2D eigenvalue weighted by molar-refractivity contribution is 0.497. The number of rotatable bonds is 7. The fourth-order valence-electron chi connectivity index (χ4n) is 1.15. The second-order valence-corrected chi connectivity index (χ2v) is 3.07. The van der Waals surface area contributed by atoms with Crippen LogP contribution in [0.2, 0.25) is 0 Å². The van der Waals surface area contributed by atoms with Gasteiger partial charge in [-0.25, -0.2) is 5.53 Å². The molecule has 0 aromatic heterocycles. The van der Waals surface area contributed by atoms with Gasteiger partial charge in [-0.15, -0.1) is 0 Å². The first-order valence-corrected chi connectivity index (χ1v) is 4.71. The summed E-state index contributed by atoms with van der Waals surface area (Å²) in [5, 5.41) is 3.61. The van der Waals surface area contributed by atoms with E-state index in [1.54, 1.807) is 0 Å². The van der Waals surface area contributed by atoms with Crippen molar-refractivity contribution in [2.45, 2.75) is 58.4 Å². The molecule has 0 heterocycles. The number of hydrogen-bond donors (Lipinski definition) is 1. The Morgan fingerprint density at radius 3 is 1.82 bits per heavy atom. The molecular formula is C9H20N2. The van der Waals surface area contributed by atoms with Crippen LogP contribution in [0.15, 0.2) is 5.11 Å². The average molecular weight is 156 g/mol. The van der Waals surface area contributed by atoms with Crippen LogP contribution >= 0.6 is 0 Å². The Morgan fingerprint density at radius 1 is 1.09 bits per heavy atom. The molecule has 1 N–H and O–H groups in total. The highest BCUT2D eigenvalue weighted by Gasteiger charge is 2.03. The smallest absolute Gasteiger partial charge is 0.0705 e. The summed E-state index contributed by atoms with van der Waals surface area (Å²) < 4.78 is 0. The normalized spacial score (nSPS) is 10.5. The van der Waals surface area contributed by atoms with Gasteiger partial charge in [0.25, 0.3) is 0 Å². The fraction of sp³-hybridized carbons (Fsp3) is 1.00. The van der Waals surface area contributed by atoms with E-state index < -0.39 is 0 Å². The Kier molecular flexibility index (Phi) is 7.42. The number of hydrogen-bond acceptors (Lipinski definition) is 2. The van der Waals surface area contributed by atoms with Gasteiger partial charge in [0.2, 0.25) is 0 Å². The monoisotopic (exact) mass is 156 g/mol. The van der Waals surface area contributed by atoms with Crippen LogP contribution in [-0.2, 0) is 0 Å². The van der Waals surface area contributed by atoms with E-state index in [1.165, 1.54) is 25.7 Å². The maximum absolute atomic E-state index is 6.94. The second-order valence-electron chi connectivity index (χ2n) is 3.07. The first-order chi connectivity index (χ1) is 5.35. The minimum absolute atomic E-state index is 0.315. The highest BCUT2D eigenvalue weighted by atomic mass is 15.0. The summed E-state index contributed by atoms with van der Waals surface area (Å²) in [5.41, 5.74) is 6.94. The van der Waals surface area contributed by atoms with Crippen LogP contribution in [0.1, 0.15) is 52.4 Å². The maximum atomic E-state index is 6.94. The molecule has 0 fully saturated rings.